The smallest absolute Gasteiger partial charge is 0.319 e. The van der Waals surface area contributed by atoms with Gasteiger partial charge in [-0.05, 0) is 31.1 Å². The molecule has 31 heavy (non-hydrogen) atoms. The highest BCUT2D eigenvalue weighted by Gasteiger charge is 2.33. The van der Waals surface area contributed by atoms with E-state index in [1.807, 2.05) is 37.3 Å². The summed E-state index contributed by atoms with van der Waals surface area (Å²) in [6.07, 6.45) is 22.5. The largest absolute Gasteiger partial charge is 0.480 e. The van der Waals surface area contributed by atoms with Gasteiger partial charge in [-0.15, -0.1) is 11.8 Å². The van der Waals surface area contributed by atoms with Crippen LogP contribution in [-0.4, -0.2) is 21.6 Å². The van der Waals surface area contributed by atoms with E-state index in [-0.39, 0.29) is 0 Å². The van der Waals surface area contributed by atoms with Gasteiger partial charge in [-0.2, -0.15) is 0 Å². The number of carboxylic acid groups (broad SMARTS) is 1. The SMILES string of the molecule is CCCCCCCCCCCCCCCCCCSC(C)(Cc1ccccc1)C(=O)O. The van der Waals surface area contributed by atoms with Crippen molar-refractivity contribution in [3.05, 3.63) is 35.9 Å². The van der Waals surface area contributed by atoms with Gasteiger partial charge < -0.3 is 5.11 Å². The molecule has 0 amide bonds. The standard InChI is InChI=1S/C28H48O2S/c1-3-4-5-6-7-8-9-10-11-12-13-14-15-16-17-21-24-31-28(2,27(29)30)25-26-22-19-18-20-23-26/h18-20,22-23H,3-17,21,24-25H2,1-2H3,(H,29,30). The molecule has 1 rings (SSSR count). The topological polar surface area (TPSA) is 37.3 Å². The molecule has 0 saturated heterocycles. The van der Waals surface area contributed by atoms with Gasteiger partial charge in [0, 0.05) is 0 Å². The Morgan fingerprint density at radius 2 is 1.16 bits per heavy atom. The van der Waals surface area contributed by atoms with Gasteiger partial charge in [0.1, 0.15) is 4.75 Å². The Kier molecular flexibility index (Phi) is 16.8. The van der Waals surface area contributed by atoms with E-state index >= 15 is 0 Å². The average Bonchev–Trinajstić information content (AvgIpc) is 2.76. The molecule has 0 aliphatic rings. The second kappa shape index (κ2) is 18.6. The molecule has 2 nitrogen and oxygen atoms in total. The van der Waals surface area contributed by atoms with E-state index in [2.05, 4.69) is 6.92 Å². The molecule has 1 aromatic carbocycles. The molecular weight excluding hydrogens is 400 g/mol. The summed E-state index contributed by atoms with van der Waals surface area (Å²) in [6, 6.07) is 9.99. The third-order valence-corrected chi connectivity index (χ3v) is 7.70. The molecule has 1 aromatic rings. The minimum atomic E-state index is -0.725. The lowest BCUT2D eigenvalue weighted by atomic mass is 10.0. The van der Waals surface area contributed by atoms with Crippen LogP contribution in [0.1, 0.15) is 122 Å². The van der Waals surface area contributed by atoms with E-state index in [1.165, 1.54) is 96.3 Å². The number of hydrogen-bond acceptors (Lipinski definition) is 2. The molecule has 0 spiro atoms. The first-order valence-electron chi connectivity index (χ1n) is 13.0. The summed E-state index contributed by atoms with van der Waals surface area (Å²) >= 11 is 1.61. The molecular formula is C28H48O2S. The number of hydrogen-bond donors (Lipinski definition) is 1. The fourth-order valence-electron chi connectivity index (χ4n) is 4.12. The fourth-order valence-corrected chi connectivity index (χ4v) is 5.31. The Labute approximate surface area is 197 Å². The van der Waals surface area contributed by atoms with Crippen molar-refractivity contribution in [2.45, 2.75) is 128 Å². The third kappa shape index (κ3) is 14.7. The molecule has 0 radical (unpaired) electrons. The third-order valence-electron chi connectivity index (χ3n) is 6.26. The minimum Gasteiger partial charge on any atom is -0.480 e. The monoisotopic (exact) mass is 448 g/mol. The summed E-state index contributed by atoms with van der Waals surface area (Å²) in [6.45, 7) is 4.16. The maximum absolute atomic E-state index is 11.8. The minimum absolute atomic E-state index is 0.590. The maximum atomic E-state index is 11.8. The van der Waals surface area contributed by atoms with Crippen LogP contribution in [0.15, 0.2) is 30.3 Å². The van der Waals surface area contributed by atoms with Gasteiger partial charge in [0.15, 0.2) is 0 Å². The lowest BCUT2D eigenvalue weighted by Gasteiger charge is -2.24. The molecule has 0 aliphatic carbocycles. The molecule has 1 N–H and O–H groups in total. The summed E-state index contributed by atoms with van der Waals surface area (Å²) < 4.78 is -0.725. The first kappa shape index (κ1) is 28.1. The Hall–Kier alpha value is -0.960. The van der Waals surface area contributed by atoms with Gasteiger partial charge in [0.25, 0.3) is 0 Å². The lowest BCUT2D eigenvalue weighted by molar-refractivity contribution is -0.139. The van der Waals surface area contributed by atoms with E-state index in [9.17, 15) is 9.90 Å². The molecule has 0 fully saturated rings. The molecule has 1 atom stereocenters. The summed E-state index contributed by atoms with van der Waals surface area (Å²) in [5.74, 6) is 0.242. The van der Waals surface area contributed by atoms with Crippen molar-refractivity contribution < 1.29 is 9.90 Å². The van der Waals surface area contributed by atoms with Crippen LogP contribution in [0.4, 0.5) is 0 Å². The van der Waals surface area contributed by atoms with Crippen LogP contribution in [0.3, 0.4) is 0 Å². The van der Waals surface area contributed by atoms with Crippen LogP contribution in [-0.2, 0) is 11.2 Å². The first-order valence-corrected chi connectivity index (χ1v) is 14.0. The van der Waals surface area contributed by atoms with Crippen molar-refractivity contribution in [2.24, 2.45) is 0 Å². The van der Waals surface area contributed by atoms with Crippen LogP contribution < -0.4 is 0 Å². The summed E-state index contributed by atoms with van der Waals surface area (Å²) in [4.78, 5) is 11.8. The highest BCUT2D eigenvalue weighted by atomic mass is 32.2. The number of carboxylic acids is 1. The van der Waals surface area contributed by atoms with E-state index in [0.717, 1.165) is 17.7 Å². The zero-order valence-electron chi connectivity index (χ0n) is 20.4. The molecule has 0 heterocycles. The van der Waals surface area contributed by atoms with E-state index in [1.54, 1.807) is 11.8 Å². The van der Waals surface area contributed by atoms with E-state index in [0.29, 0.717) is 6.42 Å². The Morgan fingerprint density at radius 1 is 0.742 bits per heavy atom. The summed E-state index contributed by atoms with van der Waals surface area (Å²) in [5, 5.41) is 9.71. The van der Waals surface area contributed by atoms with Crippen LogP contribution in [0, 0.1) is 0 Å². The van der Waals surface area contributed by atoms with Gasteiger partial charge in [-0.25, -0.2) is 0 Å². The number of benzene rings is 1. The number of carbonyl (C=O) groups is 1. The maximum Gasteiger partial charge on any atom is 0.319 e. The van der Waals surface area contributed by atoms with Crippen molar-refractivity contribution in [1.29, 1.82) is 0 Å². The van der Waals surface area contributed by atoms with Gasteiger partial charge in [0.2, 0.25) is 0 Å². The molecule has 1 unspecified atom stereocenters. The number of rotatable bonds is 21. The highest BCUT2D eigenvalue weighted by molar-refractivity contribution is 8.01. The van der Waals surface area contributed by atoms with Crippen LogP contribution in [0.2, 0.25) is 0 Å². The van der Waals surface area contributed by atoms with E-state index in [4.69, 9.17) is 0 Å². The first-order chi connectivity index (χ1) is 15.1. The predicted molar refractivity (Wildman–Crippen MR) is 138 cm³/mol. The van der Waals surface area contributed by atoms with Gasteiger partial charge in [-0.1, -0.05) is 134 Å². The number of unbranched alkanes of at least 4 members (excludes halogenated alkanes) is 15. The molecule has 178 valence electrons. The lowest BCUT2D eigenvalue weighted by Crippen LogP contribution is -2.34. The van der Waals surface area contributed by atoms with Crippen molar-refractivity contribution in [2.75, 3.05) is 5.75 Å². The molecule has 0 saturated carbocycles. The zero-order chi connectivity index (χ0) is 22.6. The van der Waals surface area contributed by atoms with Crippen LogP contribution in [0.25, 0.3) is 0 Å². The molecule has 0 aliphatic heterocycles. The van der Waals surface area contributed by atoms with Crippen LogP contribution >= 0.6 is 11.8 Å². The molecule has 0 bridgehead atoms. The van der Waals surface area contributed by atoms with Crippen LogP contribution in [0.5, 0.6) is 0 Å². The number of aliphatic carboxylic acids is 1. The Morgan fingerprint density at radius 3 is 1.58 bits per heavy atom. The second-order valence-corrected chi connectivity index (χ2v) is 10.9. The summed E-state index contributed by atoms with van der Waals surface area (Å²) in [7, 11) is 0. The van der Waals surface area contributed by atoms with Gasteiger partial charge in [0.05, 0.1) is 0 Å². The molecule has 0 aromatic heterocycles. The van der Waals surface area contributed by atoms with Crippen molar-refractivity contribution >= 4 is 17.7 Å². The van der Waals surface area contributed by atoms with Gasteiger partial charge >= 0.3 is 5.97 Å². The Balaban J connectivity index is 1.93. The normalized spacial score (nSPS) is 13.2. The number of thioether (sulfide) groups is 1. The van der Waals surface area contributed by atoms with Crippen molar-refractivity contribution in [3.63, 3.8) is 0 Å². The Bertz CT molecular complexity index is 545. The summed E-state index contributed by atoms with van der Waals surface area (Å²) in [5.41, 5.74) is 1.10. The van der Waals surface area contributed by atoms with Crippen molar-refractivity contribution in [1.82, 2.24) is 0 Å². The second-order valence-electron chi connectivity index (χ2n) is 9.35. The quantitative estimate of drug-likeness (QED) is 0.191. The highest BCUT2D eigenvalue weighted by Crippen LogP contribution is 2.30. The van der Waals surface area contributed by atoms with E-state index < -0.39 is 10.7 Å². The fraction of sp³-hybridized carbons (Fsp3) is 0.750. The zero-order valence-corrected chi connectivity index (χ0v) is 21.2. The predicted octanol–water partition coefficient (Wildman–Crippen LogP) is 9.07. The van der Waals surface area contributed by atoms with Crippen molar-refractivity contribution in [3.8, 4) is 0 Å². The van der Waals surface area contributed by atoms with Gasteiger partial charge in [-0.3, -0.25) is 4.79 Å². The average molecular weight is 449 g/mol. The molecule has 3 heteroatoms.